The number of carboxylic acids is 1. The molecule has 21 heavy (non-hydrogen) atoms. The predicted octanol–water partition coefficient (Wildman–Crippen LogP) is 2.56. The molecular formula is C14H8ClN3O3. The molecule has 0 aliphatic rings. The third kappa shape index (κ3) is 3.16. The third-order valence-electron chi connectivity index (χ3n) is 2.60. The number of rotatable bonds is 3. The van der Waals surface area contributed by atoms with Crippen LogP contribution < -0.4 is 5.32 Å². The number of nitrogens with zero attached hydrogens (tertiary/aromatic N) is 2. The molecule has 0 atom stereocenters. The number of hydrogen-bond acceptors (Lipinski definition) is 4. The van der Waals surface area contributed by atoms with E-state index in [-0.39, 0.29) is 21.8 Å². The number of benzene rings is 1. The van der Waals surface area contributed by atoms with Gasteiger partial charge in [-0.25, -0.2) is 4.79 Å². The van der Waals surface area contributed by atoms with Crippen molar-refractivity contribution >= 4 is 29.2 Å². The lowest BCUT2D eigenvalue weighted by molar-refractivity contribution is 0.0691. The van der Waals surface area contributed by atoms with Gasteiger partial charge in [0.2, 0.25) is 0 Å². The fourth-order valence-electron chi connectivity index (χ4n) is 1.63. The predicted molar refractivity (Wildman–Crippen MR) is 75.3 cm³/mol. The monoisotopic (exact) mass is 301 g/mol. The Hall–Kier alpha value is -2.91. The summed E-state index contributed by atoms with van der Waals surface area (Å²) in [5, 5.41) is 20.5. The van der Waals surface area contributed by atoms with E-state index in [4.69, 9.17) is 22.0 Å². The number of anilines is 1. The lowest BCUT2D eigenvalue weighted by Gasteiger charge is -2.07. The van der Waals surface area contributed by atoms with Crippen LogP contribution in [0.1, 0.15) is 26.4 Å². The summed E-state index contributed by atoms with van der Waals surface area (Å²) in [7, 11) is 0. The minimum atomic E-state index is -1.24. The fourth-order valence-corrected chi connectivity index (χ4v) is 1.86. The van der Waals surface area contributed by atoms with Crippen molar-refractivity contribution in [2.24, 2.45) is 0 Å². The lowest BCUT2D eigenvalue weighted by atomic mass is 10.1. The molecule has 0 saturated heterocycles. The van der Waals surface area contributed by atoms with Gasteiger partial charge in [0.1, 0.15) is 11.8 Å². The van der Waals surface area contributed by atoms with E-state index in [1.54, 1.807) is 0 Å². The van der Waals surface area contributed by atoms with Crippen molar-refractivity contribution in [1.29, 1.82) is 5.26 Å². The number of amides is 1. The Bertz CT molecular complexity index is 768. The highest BCUT2D eigenvalue weighted by molar-refractivity contribution is 6.32. The van der Waals surface area contributed by atoms with E-state index in [0.717, 1.165) is 0 Å². The van der Waals surface area contributed by atoms with Crippen molar-refractivity contribution in [2.45, 2.75) is 0 Å². The van der Waals surface area contributed by atoms with E-state index >= 15 is 0 Å². The summed E-state index contributed by atoms with van der Waals surface area (Å²) in [6.45, 7) is 0. The van der Waals surface area contributed by atoms with Gasteiger partial charge in [-0.1, -0.05) is 11.6 Å². The van der Waals surface area contributed by atoms with Gasteiger partial charge in [0.05, 0.1) is 16.1 Å². The molecule has 0 fully saturated rings. The molecule has 1 aromatic carbocycles. The van der Waals surface area contributed by atoms with E-state index in [2.05, 4.69) is 10.3 Å². The molecule has 6 nitrogen and oxygen atoms in total. The summed E-state index contributed by atoms with van der Waals surface area (Å²) in [4.78, 5) is 26.9. The minimum Gasteiger partial charge on any atom is -0.478 e. The number of carbonyl (C=O) groups is 2. The third-order valence-corrected chi connectivity index (χ3v) is 2.91. The van der Waals surface area contributed by atoms with Crippen LogP contribution in [0.5, 0.6) is 0 Å². The Morgan fingerprint density at radius 3 is 2.71 bits per heavy atom. The molecule has 0 aliphatic carbocycles. The molecule has 0 saturated carbocycles. The number of aromatic nitrogens is 1. The van der Waals surface area contributed by atoms with Crippen molar-refractivity contribution in [3.63, 3.8) is 0 Å². The largest absolute Gasteiger partial charge is 0.478 e. The molecule has 1 aromatic heterocycles. The standard InChI is InChI=1S/C14H8ClN3O3/c15-11-6-9(4-3-8(11)7-16)18-13(19)12-10(14(20)21)2-1-5-17-12/h1-6H,(H,18,19)(H,20,21). The van der Waals surface area contributed by atoms with Crippen LogP contribution in [-0.4, -0.2) is 22.0 Å². The van der Waals surface area contributed by atoms with Crippen LogP contribution in [0.3, 0.4) is 0 Å². The summed E-state index contributed by atoms with van der Waals surface area (Å²) in [6, 6.07) is 8.96. The normalized spacial score (nSPS) is 9.71. The van der Waals surface area contributed by atoms with Crippen molar-refractivity contribution in [3.8, 4) is 6.07 Å². The molecule has 2 rings (SSSR count). The Labute approximate surface area is 124 Å². The number of aromatic carboxylic acids is 1. The highest BCUT2D eigenvalue weighted by Gasteiger charge is 2.17. The Balaban J connectivity index is 2.29. The first kappa shape index (κ1) is 14.5. The van der Waals surface area contributed by atoms with Crippen LogP contribution in [-0.2, 0) is 0 Å². The zero-order chi connectivity index (χ0) is 15.4. The number of halogens is 1. The number of carboxylic acid groups (broad SMARTS) is 1. The second-order valence-electron chi connectivity index (χ2n) is 3.97. The average Bonchev–Trinajstić information content (AvgIpc) is 2.47. The topological polar surface area (TPSA) is 103 Å². The zero-order valence-electron chi connectivity index (χ0n) is 10.5. The minimum absolute atomic E-state index is 0.190. The number of nitrogens with one attached hydrogen (secondary N) is 1. The quantitative estimate of drug-likeness (QED) is 0.906. The molecule has 1 amide bonds. The van der Waals surface area contributed by atoms with Gasteiger partial charge in [0, 0.05) is 11.9 Å². The number of hydrogen-bond donors (Lipinski definition) is 2. The second kappa shape index (κ2) is 6.03. The maximum Gasteiger partial charge on any atom is 0.338 e. The highest BCUT2D eigenvalue weighted by Crippen LogP contribution is 2.20. The number of carbonyl (C=O) groups excluding carboxylic acids is 1. The van der Waals surface area contributed by atoms with Crippen LogP contribution in [0.15, 0.2) is 36.5 Å². The molecule has 104 valence electrons. The van der Waals surface area contributed by atoms with Gasteiger partial charge in [-0.05, 0) is 30.3 Å². The van der Waals surface area contributed by atoms with Crippen molar-refractivity contribution < 1.29 is 14.7 Å². The molecule has 7 heteroatoms. The number of pyridine rings is 1. The molecule has 0 aliphatic heterocycles. The maximum absolute atomic E-state index is 12.1. The van der Waals surface area contributed by atoms with E-state index in [0.29, 0.717) is 5.69 Å². The van der Waals surface area contributed by atoms with E-state index in [9.17, 15) is 9.59 Å². The number of nitriles is 1. The summed E-state index contributed by atoms with van der Waals surface area (Å²) < 4.78 is 0. The molecular weight excluding hydrogens is 294 g/mol. The second-order valence-corrected chi connectivity index (χ2v) is 4.37. The molecule has 0 spiro atoms. The fraction of sp³-hybridized carbons (Fsp3) is 0. The first-order valence-electron chi connectivity index (χ1n) is 5.72. The van der Waals surface area contributed by atoms with Crippen molar-refractivity contribution in [3.05, 3.63) is 58.4 Å². The van der Waals surface area contributed by atoms with Gasteiger partial charge in [0.25, 0.3) is 5.91 Å². The Kier molecular flexibility index (Phi) is 4.16. The smallest absolute Gasteiger partial charge is 0.338 e. The first-order valence-corrected chi connectivity index (χ1v) is 6.10. The summed E-state index contributed by atoms with van der Waals surface area (Å²) in [5.41, 5.74) is 0.213. The van der Waals surface area contributed by atoms with E-state index in [1.165, 1.54) is 36.5 Å². The Morgan fingerprint density at radius 2 is 2.10 bits per heavy atom. The van der Waals surface area contributed by atoms with Crippen LogP contribution in [0, 0.1) is 11.3 Å². The zero-order valence-corrected chi connectivity index (χ0v) is 11.3. The van der Waals surface area contributed by atoms with Crippen LogP contribution in [0.4, 0.5) is 5.69 Å². The van der Waals surface area contributed by atoms with Gasteiger partial charge in [-0.2, -0.15) is 5.26 Å². The lowest BCUT2D eigenvalue weighted by Crippen LogP contribution is -2.18. The van der Waals surface area contributed by atoms with Crippen LogP contribution in [0.2, 0.25) is 5.02 Å². The summed E-state index contributed by atoms with van der Waals surface area (Å²) in [5.74, 6) is -1.92. The van der Waals surface area contributed by atoms with Crippen molar-refractivity contribution in [2.75, 3.05) is 5.32 Å². The van der Waals surface area contributed by atoms with E-state index in [1.807, 2.05) is 6.07 Å². The van der Waals surface area contributed by atoms with Crippen molar-refractivity contribution in [1.82, 2.24) is 4.98 Å². The van der Waals surface area contributed by atoms with Crippen LogP contribution in [0.25, 0.3) is 0 Å². The van der Waals surface area contributed by atoms with Gasteiger partial charge in [0.15, 0.2) is 0 Å². The summed E-state index contributed by atoms with van der Waals surface area (Å²) in [6.07, 6.45) is 1.33. The average molecular weight is 302 g/mol. The molecule has 2 N–H and O–H groups in total. The van der Waals surface area contributed by atoms with Gasteiger partial charge in [-0.3, -0.25) is 9.78 Å². The highest BCUT2D eigenvalue weighted by atomic mass is 35.5. The molecule has 0 radical (unpaired) electrons. The first-order chi connectivity index (χ1) is 10.0. The van der Waals surface area contributed by atoms with Gasteiger partial charge in [-0.15, -0.1) is 0 Å². The SMILES string of the molecule is N#Cc1ccc(NC(=O)c2ncccc2C(=O)O)cc1Cl. The maximum atomic E-state index is 12.1. The molecule has 2 aromatic rings. The summed E-state index contributed by atoms with van der Waals surface area (Å²) >= 11 is 5.86. The molecule has 0 bridgehead atoms. The van der Waals surface area contributed by atoms with Crippen LogP contribution >= 0.6 is 11.6 Å². The van der Waals surface area contributed by atoms with Gasteiger partial charge >= 0.3 is 5.97 Å². The molecule has 0 unspecified atom stereocenters. The molecule has 1 heterocycles. The van der Waals surface area contributed by atoms with Gasteiger partial charge < -0.3 is 10.4 Å². The van der Waals surface area contributed by atoms with E-state index < -0.39 is 11.9 Å². The Morgan fingerprint density at radius 1 is 1.33 bits per heavy atom.